The zero-order valence-electron chi connectivity index (χ0n) is 14.2. The Morgan fingerprint density at radius 2 is 2.08 bits per heavy atom. The van der Waals surface area contributed by atoms with Crippen LogP contribution < -0.4 is 4.72 Å². The van der Waals surface area contributed by atoms with Crippen molar-refractivity contribution in [3.8, 4) is 0 Å². The van der Waals surface area contributed by atoms with Crippen LogP contribution >= 0.6 is 0 Å². The molecule has 0 bridgehead atoms. The molecule has 3 aliphatic rings. The van der Waals surface area contributed by atoms with Crippen molar-refractivity contribution in [3.05, 3.63) is 23.7 Å². The first-order valence-electron chi connectivity index (χ1n) is 8.84. The van der Waals surface area contributed by atoms with Gasteiger partial charge >= 0.3 is 0 Å². The third-order valence-corrected chi connectivity index (χ3v) is 7.29. The van der Waals surface area contributed by atoms with Crippen LogP contribution in [-0.2, 0) is 21.3 Å². The molecule has 4 rings (SSSR count). The van der Waals surface area contributed by atoms with Crippen molar-refractivity contribution in [1.82, 2.24) is 9.62 Å². The van der Waals surface area contributed by atoms with E-state index < -0.39 is 10.0 Å². The molecular weight excluding hydrogens is 328 g/mol. The maximum absolute atomic E-state index is 11.9. The minimum Gasteiger partial charge on any atom is -0.465 e. The smallest absolute Gasteiger partial charge is 0.214 e. The first-order chi connectivity index (χ1) is 11.4. The van der Waals surface area contributed by atoms with Gasteiger partial charge < -0.3 is 9.15 Å². The van der Waals surface area contributed by atoms with Crippen molar-refractivity contribution in [3.63, 3.8) is 0 Å². The van der Waals surface area contributed by atoms with Gasteiger partial charge in [-0.2, -0.15) is 0 Å². The van der Waals surface area contributed by atoms with Gasteiger partial charge in [0.15, 0.2) is 0 Å². The highest BCUT2D eigenvalue weighted by Crippen LogP contribution is 2.37. The van der Waals surface area contributed by atoms with Crippen LogP contribution in [0.15, 0.2) is 16.5 Å². The van der Waals surface area contributed by atoms with Crippen molar-refractivity contribution < 1.29 is 17.6 Å². The second-order valence-electron chi connectivity index (χ2n) is 7.65. The van der Waals surface area contributed by atoms with Crippen molar-refractivity contribution in [2.75, 3.05) is 26.2 Å². The van der Waals surface area contributed by atoms with E-state index >= 15 is 0 Å². The minimum atomic E-state index is -3.07. The van der Waals surface area contributed by atoms with E-state index in [-0.39, 0.29) is 10.9 Å². The standard InChI is InChI=1S/C17H26N2O4S/c1-13-2-3-15(23-13)9-19-11-17(12-19)7-6-14(10-22-17)8-18-24(20,21)16-4-5-16/h2-3,14,16,18H,4-12H2,1H3/t14-/m1/s1. The van der Waals surface area contributed by atoms with Crippen LogP contribution in [0, 0.1) is 12.8 Å². The van der Waals surface area contributed by atoms with E-state index in [2.05, 4.69) is 9.62 Å². The van der Waals surface area contributed by atoms with Crippen LogP contribution in [0.3, 0.4) is 0 Å². The van der Waals surface area contributed by atoms with E-state index in [4.69, 9.17) is 9.15 Å². The van der Waals surface area contributed by atoms with Gasteiger partial charge in [0.2, 0.25) is 10.0 Å². The fourth-order valence-electron chi connectivity index (χ4n) is 3.73. The van der Waals surface area contributed by atoms with Crippen LogP contribution in [-0.4, -0.2) is 50.4 Å². The molecule has 0 amide bonds. The molecule has 1 N–H and O–H groups in total. The number of likely N-dealkylation sites (tertiary alicyclic amines) is 1. The predicted octanol–water partition coefficient (Wildman–Crippen LogP) is 1.65. The second kappa shape index (κ2) is 6.12. The molecule has 1 atom stereocenters. The third-order valence-electron chi connectivity index (χ3n) is 5.37. The van der Waals surface area contributed by atoms with Crippen LogP contribution in [0.2, 0.25) is 0 Å². The summed E-state index contributed by atoms with van der Waals surface area (Å²) in [5.41, 5.74) is -0.0203. The zero-order valence-corrected chi connectivity index (χ0v) is 15.0. The first-order valence-corrected chi connectivity index (χ1v) is 10.4. The van der Waals surface area contributed by atoms with Crippen LogP contribution in [0.5, 0.6) is 0 Å². The molecule has 1 spiro atoms. The molecular formula is C17H26N2O4S. The van der Waals surface area contributed by atoms with Gasteiger partial charge in [-0.15, -0.1) is 0 Å². The molecule has 0 radical (unpaired) electrons. The average Bonchev–Trinajstić information content (AvgIpc) is 3.30. The van der Waals surface area contributed by atoms with Crippen LogP contribution in [0.1, 0.15) is 37.2 Å². The lowest BCUT2D eigenvalue weighted by Gasteiger charge is -2.52. The number of sulfonamides is 1. The number of ether oxygens (including phenoxy) is 1. The molecule has 2 aliphatic heterocycles. The van der Waals surface area contributed by atoms with Crippen LogP contribution in [0.25, 0.3) is 0 Å². The Morgan fingerprint density at radius 3 is 2.67 bits per heavy atom. The van der Waals surface area contributed by atoms with Crippen molar-refractivity contribution in [2.45, 2.75) is 50.0 Å². The van der Waals surface area contributed by atoms with Crippen molar-refractivity contribution in [2.24, 2.45) is 5.92 Å². The molecule has 2 saturated heterocycles. The van der Waals surface area contributed by atoms with Gasteiger partial charge in [0.05, 0.1) is 24.0 Å². The number of hydrogen-bond acceptors (Lipinski definition) is 5. The summed E-state index contributed by atoms with van der Waals surface area (Å²) in [6.45, 7) is 5.85. The van der Waals surface area contributed by atoms with E-state index in [1.807, 2.05) is 19.1 Å². The Hall–Kier alpha value is -0.890. The van der Waals surface area contributed by atoms with Gasteiger partial charge in [-0.25, -0.2) is 13.1 Å². The third kappa shape index (κ3) is 3.54. The monoisotopic (exact) mass is 354 g/mol. The number of nitrogens with zero attached hydrogens (tertiary/aromatic N) is 1. The Labute approximate surface area is 143 Å². The van der Waals surface area contributed by atoms with Gasteiger partial charge in [0.25, 0.3) is 0 Å². The summed E-state index contributed by atoms with van der Waals surface area (Å²) in [5, 5.41) is -0.140. The van der Waals surface area contributed by atoms with Gasteiger partial charge in [-0.3, -0.25) is 4.90 Å². The first kappa shape index (κ1) is 16.6. The number of nitrogens with one attached hydrogen (secondary N) is 1. The molecule has 6 nitrogen and oxygen atoms in total. The van der Waals surface area contributed by atoms with Gasteiger partial charge in [-0.05, 0) is 50.7 Å². The molecule has 3 heterocycles. The summed E-state index contributed by atoms with van der Waals surface area (Å²) >= 11 is 0. The topological polar surface area (TPSA) is 71.8 Å². The molecule has 7 heteroatoms. The van der Waals surface area contributed by atoms with Gasteiger partial charge in [0.1, 0.15) is 11.5 Å². The Bertz CT molecular complexity index is 679. The Morgan fingerprint density at radius 1 is 1.29 bits per heavy atom. The largest absolute Gasteiger partial charge is 0.465 e. The quantitative estimate of drug-likeness (QED) is 0.841. The molecule has 1 aliphatic carbocycles. The minimum absolute atomic E-state index is 0.0203. The van der Waals surface area contributed by atoms with E-state index in [1.165, 1.54) is 0 Å². The van der Waals surface area contributed by atoms with Crippen molar-refractivity contribution >= 4 is 10.0 Å². The molecule has 24 heavy (non-hydrogen) atoms. The van der Waals surface area contributed by atoms with Crippen LogP contribution in [0.4, 0.5) is 0 Å². The fourth-order valence-corrected chi connectivity index (χ4v) is 5.19. The molecule has 0 unspecified atom stereocenters. The molecule has 1 saturated carbocycles. The second-order valence-corrected chi connectivity index (χ2v) is 9.69. The summed E-state index contributed by atoms with van der Waals surface area (Å²) < 4.78 is 38.3. The summed E-state index contributed by atoms with van der Waals surface area (Å²) in [5.74, 6) is 2.25. The number of hydrogen-bond donors (Lipinski definition) is 1. The maximum atomic E-state index is 11.9. The number of aryl methyl sites for hydroxylation is 1. The molecule has 1 aromatic rings. The van der Waals surface area contributed by atoms with E-state index in [9.17, 15) is 8.42 Å². The summed E-state index contributed by atoms with van der Waals surface area (Å²) in [6, 6.07) is 4.03. The van der Waals surface area contributed by atoms with E-state index in [0.717, 1.165) is 56.8 Å². The number of furan rings is 1. The fraction of sp³-hybridized carbons (Fsp3) is 0.765. The Balaban J connectivity index is 1.20. The van der Waals surface area contributed by atoms with E-state index in [1.54, 1.807) is 0 Å². The van der Waals surface area contributed by atoms with Crippen molar-refractivity contribution in [1.29, 1.82) is 0 Å². The lowest BCUT2D eigenvalue weighted by atomic mass is 9.83. The normalized spacial score (nSPS) is 27.3. The summed E-state index contributed by atoms with van der Waals surface area (Å²) in [6.07, 6.45) is 3.66. The lowest BCUT2D eigenvalue weighted by molar-refractivity contribution is -0.181. The summed E-state index contributed by atoms with van der Waals surface area (Å²) in [4.78, 5) is 2.34. The Kier molecular flexibility index (Phi) is 4.23. The highest BCUT2D eigenvalue weighted by atomic mass is 32.2. The summed E-state index contributed by atoms with van der Waals surface area (Å²) in [7, 11) is -3.07. The molecule has 1 aromatic heterocycles. The SMILES string of the molecule is Cc1ccc(CN2CC3(CC[C@H](CNS(=O)(=O)C4CC4)CO3)C2)o1. The molecule has 0 aromatic carbocycles. The molecule has 3 fully saturated rings. The zero-order chi connectivity index (χ0) is 16.8. The highest BCUT2D eigenvalue weighted by molar-refractivity contribution is 7.90. The van der Waals surface area contributed by atoms with Gasteiger partial charge in [-0.1, -0.05) is 0 Å². The number of rotatable bonds is 6. The maximum Gasteiger partial charge on any atom is 0.214 e. The van der Waals surface area contributed by atoms with Gasteiger partial charge in [0, 0.05) is 19.6 Å². The van der Waals surface area contributed by atoms with E-state index in [0.29, 0.717) is 19.1 Å². The average molecular weight is 354 g/mol. The lowest BCUT2D eigenvalue weighted by Crippen LogP contribution is -2.64. The predicted molar refractivity (Wildman–Crippen MR) is 90.1 cm³/mol. The molecule has 134 valence electrons. The highest BCUT2D eigenvalue weighted by Gasteiger charge is 2.46.